The fourth-order valence-corrected chi connectivity index (χ4v) is 2.19. The quantitative estimate of drug-likeness (QED) is 0.355. The van der Waals surface area contributed by atoms with E-state index in [1.54, 1.807) is 18.2 Å². The lowest BCUT2D eigenvalue weighted by molar-refractivity contribution is -0.136. The number of hydrogen-bond acceptors (Lipinski definition) is 6. The van der Waals surface area contributed by atoms with Crippen molar-refractivity contribution in [2.24, 2.45) is 0 Å². The highest BCUT2D eigenvalue weighted by atomic mass is 19.3. The maximum atomic E-state index is 12.1. The highest BCUT2D eigenvalue weighted by Gasteiger charge is 2.10. The predicted molar refractivity (Wildman–Crippen MR) is 91.4 cm³/mol. The summed E-state index contributed by atoms with van der Waals surface area (Å²) in [5.74, 6) is -1.07. The second-order valence-corrected chi connectivity index (χ2v) is 5.29. The van der Waals surface area contributed by atoms with Gasteiger partial charge in [-0.05, 0) is 36.4 Å². The Bertz CT molecular complexity index is 946. The third-order valence-electron chi connectivity index (χ3n) is 3.42. The Hall–Kier alpha value is -3.55. The van der Waals surface area contributed by atoms with E-state index in [2.05, 4.69) is 9.72 Å². The van der Waals surface area contributed by atoms with Crippen LogP contribution in [-0.4, -0.2) is 30.0 Å². The first-order valence-electron chi connectivity index (χ1n) is 7.80. The van der Waals surface area contributed by atoms with E-state index in [-0.39, 0.29) is 17.2 Å². The van der Waals surface area contributed by atoms with Crippen molar-refractivity contribution in [2.75, 3.05) is 6.61 Å². The van der Waals surface area contributed by atoms with Crippen LogP contribution >= 0.6 is 0 Å². The molecule has 2 aromatic carbocycles. The highest BCUT2D eigenvalue weighted by molar-refractivity contribution is 5.99. The molecule has 0 radical (unpaired) electrons. The van der Waals surface area contributed by atoms with Crippen molar-refractivity contribution in [2.45, 2.75) is 6.61 Å². The lowest BCUT2D eigenvalue weighted by atomic mass is 10.1. The van der Waals surface area contributed by atoms with Gasteiger partial charge in [-0.2, -0.15) is 8.78 Å². The normalized spacial score (nSPS) is 11.2. The maximum absolute atomic E-state index is 12.1. The molecule has 0 unspecified atom stereocenters. The molecule has 27 heavy (non-hydrogen) atoms. The van der Waals surface area contributed by atoms with Crippen molar-refractivity contribution < 1.29 is 32.3 Å². The Morgan fingerprint density at radius 3 is 2.56 bits per heavy atom. The van der Waals surface area contributed by atoms with Crippen molar-refractivity contribution in [1.29, 1.82) is 0 Å². The molecule has 0 spiro atoms. The zero-order valence-corrected chi connectivity index (χ0v) is 13.8. The number of ether oxygens (including phenoxy) is 2. The molecule has 6 nitrogen and oxygen atoms in total. The minimum Gasteiger partial charge on any atom is -0.454 e. The Morgan fingerprint density at radius 1 is 1.11 bits per heavy atom. The van der Waals surface area contributed by atoms with E-state index >= 15 is 0 Å². The van der Waals surface area contributed by atoms with Gasteiger partial charge in [0.1, 0.15) is 11.3 Å². The SMILES string of the molecule is O=C(/C=C/c1nc2ccccc2o1)OCC(=O)c1ccc(OC(F)F)cc1. The van der Waals surface area contributed by atoms with Crippen LogP contribution in [0, 0.1) is 0 Å². The summed E-state index contributed by atoms with van der Waals surface area (Å²) >= 11 is 0. The number of alkyl halides is 2. The summed E-state index contributed by atoms with van der Waals surface area (Å²) in [7, 11) is 0. The molecule has 0 bridgehead atoms. The van der Waals surface area contributed by atoms with Gasteiger partial charge in [-0.25, -0.2) is 9.78 Å². The fraction of sp³-hybridized carbons (Fsp3) is 0.105. The van der Waals surface area contributed by atoms with Gasteiger partial charge in [0.25, 0.3) is 0 Å². The third kappa shape index (κ3) is 4.97. The monoisotopic (exact) mass is 373 g/mol. The van der Waals surface area contributed by atoms with Gasteiger partial charge >= 0.3 is 12.6 Å². The average molecular weight is 373 g/mol. The predicted octanol–water partition coefficient (Wildman–Crippen LogP) is 3.87. The molecular formula is C19H13F2NO5. The number of ketones is 1. The van der Waals surface area contributed by atoms with E-state index in [0.29, 0.717) is 11.1 Å². The van der Waals surface area contributed by atoms with Gasteiger partial charge in [0.2, 0.25) is 5.89 Å². The first-order valence-corrected chi connectivity index (χ1v) is 7.80. The zero-order chi connectivity index (χ0) is 19.2. The van der Waals surface area contributed by atoms with Crippen molar-refractivity contribution >= 4 is 28.9 Å². The summed E-state index contributed by atoms with van der Waals surface area (Å²) in [6, 6.07) is 12.2. The Morgan fingerprint density at radius 2 is 1.85 bits per heavy atom. The number of halogens is 2. The number of Topliss-reactive ketones (excluding diaryl/α,β-unsaturated/α-hetero) is 1. The van der Waals surface area contributed by atoms with E-state index in [0.717, 1.165) is 6.08 Å². The van der Waals surface area contributed by atoms with Gasteiger partial charge in [0.15, 0.2) is 18.0 Å². The van der Waals surface area contributed by atoms with Gasteiger partial charge < -0.3 is 13.9 Å². The standard InChI is InChI=1S/C19H13F2NO5/c20-19(21)26-13-7-5-12(6-8-13)15(23)11-25-18(24)10-9-17-22-14-3-1-2-4-16(14)27-17/h1-10,19H,11H2/b10-9+. The molecule has 0 saturated carbocycles. The molecule has 1 heterocycles. The van der Waals surface area contributed by atoms with Gasteiger partial charge in [0.05, 0.1) is 0 Å². The molecule has 3 rings (SSSR count). The van der Waals surface area contributed by atoms with Crippen LogP contribution in [0.15, 0.2) is 59.0 Å². The van der Waals surface area contributed by atoms with Crippen LogP contribution in [0.3, 0.4) is 0 Å². The number of carbonyl (C=O) groups excluding carboxylic acids is 2. The first-order chi connectivity index (χ1) is 13.0. The number of nitrogens with zero attached hydrogens (tertiary/aromatic N) is 1. The molecule has 0 aliphatic heterocycles. The van der Waals surface area contributed by atoms with Crippen molar-refractivity contribution in [3.63, 3.8) is 0 Å². The lowest BCUT2D eigenvalue weighted by Crippen LogP contribution is -2.12. The smallest absolute Gasteiger partial charge is 0.387 e. The van der Waals surface area contributed by atoms with Gasteiger partial charge in [-0.1, -0.05) is 12.1 Å². The van der Waals surface area contributed by atoms with E-state index in [4.69, 9.17) is 9.15 Å². The molecule has 3 aromatic rings. The molecule has 8 heteroatoms. The number of esters is 1. The van der Waals surface area contributed by atoms with Crippen LogP contribution in [0.2, 0.25) is 0 Å². The summed E-state index contributed by atoms with van der Waals surface area (Å²) < 4.78 is 38.6. The first kappa shape index (κ1) is 18.2. The number of oxazole rings is 1. The van der Waals surface area contributed by atoms with Crippen LogP contribution in [0.25, 0.3) is 17.2 Å². The van der Waals surface area contributed by atoms with Crippen LogP contribution in [-0.2, 0) is 9.53 Å². The van der Waals surface area contributed by atoms with Crippen LogP contribution in [0.5, 0.6) is 5.75 Å². The number of para-hydroxylation sites is 2. The van der Waals surface area contributed by atoms with Crippen molar-refractivity contribution in [1.82, 2.24) is 4.98 Å². The minimum absolute atomic E-state index is 0.0696. The van der Waals surface area contributed by atoms with Crippen LogP contribution in [0.4, 0.5) is 8.78 Å². The summed E-state index contributed by atoms with van der Waals surface area (Å²) in [4.78, 5) is 27.8. The zero-order valence-electron chi connectivity index (χ0n) is 13.8. The second-order valence-electron chi connectivity index (χ2n) is 5.29. The molecule has 138 valence electrons. The van der Waals surface area contributed by atoms with Gasteiger partial charge in [-0.15, -0.1) is 0 Å². The van der Waals surface area contributed by atoms with E-state index in [9.17, 15) is 18.4 Å². The molecule has 0 aliphatic rings. The fourth-order valence-electron chi connectivity index (χ4n) is 2.19. The third-order valence-corrected chi connectivity index (χ3v) is 3.42. The summed E-state index contributed by atoms with van der Waals surface area (Å²) in [6.07, 6.45) is 2.43. The summed E-state index contributed by atoms with van der Waals surface area (Å²) in [5, 5.41) is 0. The van der Waals surface area contributed by atoms with Gasteiger partial charge in [0, 0.05) is 17.7 Å². The van der Waals surface area contributed by atoms with Crippen molar-refractivity contribution in [3.8, 4) is 5.75 Å². The molecule has 0 aliphatic carbocycles. The number of fused-ring (bicyclic) bond motifs is 1. The average Bonchev–Trinajstić information content (AvgIpc) is 3.07. The lowest BCUT2D eigenvalue weighted by Gasteiger charge is -2.05. The second kappa shape index (κ2) is 8.22. The van der Waals surface area contributed by atoms with E-state index < -0.39 is 25.0 Å². The van der Waals surface area contributed by atoms with Crippen LogP contribution in [0.1, 0.15) is 16.2 Å². The minimum atomic E-state index is -2.94. The summed E-state index contributed by atoms with van der Waals surface area (Å²) in [5.41, 5.74) is 1.44. The maximum Gasteiger partial charge on any atom is 0.387 e. The summed E-state index contributed by atoms with van der Waals surface area (Å²) in [6.45, 7) is -3.44. The van der Waals surface area contributed by atoms with Gasteiger partial charge in [-0.3, -0.25) is 4.79 Å². The number of carbonyl (C=O) groups is 2. The highest BCUT2D eigenvalue weighted by Crippen LogP contribution is 2.16. The molecule has 0 atom stereocenters. The van der Waals surface area contributed by atoms with E-state index in [1.807, 2.05) is 6.07 Å². The molecule has 0 saturated heterocycles. The number of hydrogen-bond donors (Lipinski definition) is 0. The Kier molecular flexibility index (Phi) is 5.55. The van der Waals surface area contributed by atoms with Crippen molar-refractivity contribution in [3.05, 3.63) is 66.1 Å². The molecule has 1 aromatic heterocycles. The Balaban J connectivity index is 1.52. The number of aromatic nitrogens is 1. The molecular weight excluding hydrogens is 360 g/mol. The topological polar surface area (TPSA) is 78.6 Å². The Labute approximate surface area is 152 Å². The van der Waals surface area contributed by atoms with Crippen LogP contribution < -0.4 is 4.74 Å². The molecule has 0 N–H and O–H groups in total. The largest absolute Gasteiger partial charge is 0.454 e. The number of benzene rings is 2. The molecule has 0 amide bonds. The molecule has 0 fully saturated rings. The number of rotatable bonds is 7. The van der Waals surface area contributed by atoms with E-state index in [1.165, 1.54) is 30.3 Å².